The third-order valence-electron chi connectivity index (χ3n) is 5.92. The highest BCUT2D eigenvalue weighted by atomic mass is 16.5. The van der Waals surface area contributed by atoms with Crippen LogP contribution in [0.2, 0.25) is 0 Å². The van der Waals surface area contributed by atoms with Crippen LogP contribution >= 0.6 is 0 Å². The van der Waals surface area contributed by atoms with Gasteiger partial charge in [0.05, 0.1) is 13.2 Å². The van der Waals surface area contributed by atoms with E-state index in [9.17, 15) is 9.90 Å². The van der Waals surface area contributed by atoms with Gasteiger partial charge in [0.25, 0.3) is 0 Å². The van der Waals surface area contributed by atoms with Gasteiger partial charge in [-0.3, -0.25) is 9.69 Å². The fourth-order valence-corrected chi connectivity index (χ4v) is 4.54. The van der Waals surface area contributed by atoms with Crippen LogP contribution in [0.25, 0.3) is 0 Å². The normalized spacial score (nSPS) is 24.7. The number of hydrogen-bond acceptors (Lipinski definition) is 5. The molecule has 158 valence electrons. The Morgan fingerprint density at radius 2 is 1.97 bits per heavy atom. The number of methoxy groups -OCH3 is 1. The summed E-state index contributed by atoms with van der Waals surface area (Å²) < 4.78 is 4.97. The third kappa shape index (κ3) is 5.18. The van der Waals surface area contributed by atoms with Gasteiger partial charge in [-0.05, 0) is 51.2 Å². The summed E-state index contributed by atoms with van der Waals surface area (Å²) in [4.78, 5) is 19.0. The molecule has 0 radical (unpaired) electrons. The minimum Gasteiger partial charge on any atom is -0.395 e. The van der Waals surface area contributed by atoms with Gasteiger partial charge in [0.15, 0.2) is 0 Å². The minimum atomic E-state index is 0.120. The fraction of sp³-hybridized carbons (Fsp3) is 0.609. The number of benzene rings is 1. The molecule has 2 fully saturated rings. The molecule has 2 saturated heterocycles. The van der Waals surface area contributed by atoms with E-state index in [1.807, 2.05) is 36.0 Å². The molecule has 3 atom stereocenters. The smallest absolute Gasteiger partial charge is 0.236 e. The van der Waals surface area contributed by atoms with E-state index in [4.69, 9.17) is 4.74 Å². The zero-order valence-corrected chi connectivity index (χ0v) is 17.8. The number of likely N-dealkylation sites (N-methyl/N-ethyl adjacent to an activating group) is 1. The predicted molar refractivity (Wildman–Crippen MR) is 114 cm³/mol. The lowest BCUT2D eigenvalue weighted by atomic mass is 9.74. The second-order valence-electron chi connectivity index (χ2n) is 8.22. The number of ether oxygens (including phenoxy) is 1. The van der Waals surface area contributed by atoms with Crippen LogP contribution in [-0.4, -0.2) is 98.4 Å². The highest BCUT2D eigenvalue weighted by Crippen LogP contribution is 2.41. The monoisotopic (exact) mass is 399 g/mol. The van der Waals surface area contributed by atoms with Gasteiger partial charge in [-0.25, -0.2) is 0 Å². The average molecular weight is 400 g/mol. The summed E-state index contributed by atoms with van der Waals surface area (Å²) in [5, 5.41) is 10.0. The molecule has 1 N–H and O–H groups in total. The van der Waals surface area contributed by atoms with Crippen LogP contribution in [0.3, 0.4) is 0 Å². The standard InChI is InChI=1S/C23H33N3O3/c1-24(2)16-22(28)25-12-4-5-13-26-20(15-25)23(21(26)17-27)19-10-8-18(9-11-19)7-6-14-29-3/h8-11,20-21,23,27H,4-5,12-17H2,1-3H3/t20-,21-,23-/m0/s1. The largest absolute Gasteiger partial charge is 0.395 e. The molecule has 0 aromatic heterocycles. The summed E-state index contributed by atoms with van der Waals surface area (Å²) >= 11 is 0. The first-order valence-electron chi connectivity index (χ1n) is 10.4. The van der Waals surface area contributed by atoms with E-state index in [1.165, 1.54) is 5.56 Å². The van der Waals surface area contributed by atoms with Crippen molar-refractivity contribution < 1.29 is 14.6 Å². The molecule has 3 rings (SSSR count). The number of carbonyl (C=O) groups excluding carboxylic acids is 1. The Morgan fingerprint density at radius 3 is 2.62 bits per heavy atom. The van der Waals surface area contributed by atoms with Crippen LogP contribution < -0.4 is 0 Å². The molecule has 1 amide bonds. The maximum atomic E-state index is 12.7. The molecule has 0 bridgehead atoms. The summed E-state index contributed by atoms with van der Waals surface area (Å²) in [6, 6.07) is 8.68. The van der Waals surface area contributed by atoms with E-state index in [1.54, 1.807) is 7.11 Å². The lowest BCUT2D eigenvalue weighted by molar-refractivity contribution is -0.137. The lowest BCUT2D eigenvalue weighted by Crippen LogP contribution is -2.68. The highest BCUT2D eigenvalue weighted by Gasteiger charge is 2.49. The van der Waals surface area contributed by atoms with E-state index < -0.39 is 0 Å². The minimum absolute atomic E-state index is 0.120. The number of aliphatic hydroxyl groups is 1. The Hall–Kier alpha value is -1.91. The van der Waals surface area contributed by atoms with Crippen LogP contribution in [0.4, 0.5) is 0 Å². The highest BCUT2D eigenvalue weighted by molar-refractivity contribution is 5.78. The second kappa shape index (κ2) is 10.2. The van der Waals surface area contributed by atoms with E-state index >= 15 is 0 Å². The first kappa shape index (κ1) is 21.8. The molecule has 6 nitrogen and oxygen atoms in total. The van der Waals surface area contributed by atoms with Crippen molar-refractivity contribution in [3.05, 3.63) is 35.4 Å². The Morgan fingerprint density at radius 1 is 1.24 bits per heavy atom. The van der Waals surface area contributed by atoms with E-state index in [2.05, 4.69) is 28.9 Å². The summed E-state index contributed by atoms with van der Waals surface area (Å²) in [6.07, 6.45) is 2.07. The molecule has 29 heavy (non-hydrogen) atoms. The van der Waals surface area contributed by atoms with E-state index in [-0.39, 0.29) is 30.5 Å². The Labute approximate surface area is 174 Å². The first-order valence-corrected chi connectivity index (χ1v) is 10.4. The van der Waals surface area contributed by atoms with E-state index in [0.29, 0.717) is 13.2 Å². The van der Waals surface area contributed by atoms with Crippen molar-refractivity contribution in [2.45, 2.75) is 30.8 Å². The van der Waals surface area contributed by atoms with Crippen LogP contribution in [-0.2, 0) is 9.53 Å². The van der Waals surface area contributed by atoms with Gasteiger partial charge in [0.1, 0.15) is 6.61 Å². The summed E-state index contributed by atoms with van der Waals surface area (Å²) in [6.45, 7) is 3.54. The molecule has 0 spiro atoms. The first-order chi connectivity index (χ1) is 14.0. The maximum Gasteiger partial charge on any atom is 0.236 e. The number of nitrogens with zero attached hydrogens (tertiary/aromatic N) is 3. The molecule has 0 saturated carbocycles. The molecule has 1 aromatic rings. The number of carbonyl (C=O) groups is 1. The summed E-state index contributed by atoms with van der Waals surface area (Å²) in [5.41, 5.74) is 2.17. The van der Waals surface area contributed by atoms with Crippen molar-refractivity contribution in [1.82, 2.24) is 14.7 Å². The van der Waals surface area contributed by atoms with Crippen molar-refractivity contribution in [2.24, 2.45) is 0 Å². The van der Waals surface area contributed by atoms with Gasteiger partial charge in [-0.1, -0.05) is 24.0 Å². The SMILES string of the molecule is COCC#Cc1ccc([C@@H]2[C@H](CO)N3CCCCN(C(=O)CN(C)C)C[C@@H]23)cc1. The van der Waals surface area contributed by atoms with E-state index in [0.717, 1.165) is 38.0 Å². The number of fused-ring (bicyclic) bond motifs is 1. The average Bonchev–Trinajstić information content (AvgIpc) is 2.67. The number of rotatable bonds is 5. The van der Waals surface area contributed by atoms with Crippen molar-refractivity contribution >= 4 is 5.91 Å². The Bertz CT molecular complexity index is 738. The number of hydrogen-bond donors (Lipinski definition) is 1. The molecule has 2 aliphatic heterocycles. The van der Waals surface area contributed by atoms with Crippen LogP contribution in [0.5, 0.6) is 0 Å². The van der Waals surface area contributed by atoms with Crippen LogP contribution in [0.15, 0.2) is 24.3 Å². The molecule has 2 aliphatic rings. The van der Waals surface area contributed by atoms with Crippen molar-refractivity contribution in [3.8, 4) is 11.8 Å². The van der Waals surface area contributed by atoms with Crippen molar-refractivity contribution in [3.63, 3.8) is 0 Å². The van der Waals surface area contributed by atoms with Gasteiger partial charge in [-0.15, -0.1) is 0 Å². The molecule has 0 unspecified atom stereocenters. The van der Waals surface area contributed by atoms with Crippen molar-refractivity contribution in [1.29, 1.82) is 0 Å². The van der Waals surface area contributed by atoms with Crippen LogP contribution in [0.1, 0.15) is 29.9 Å². The van der Waals surface area contributed by atoms with Gasteiger partial charge in [-0.2, -0.15) is 0 Å². The fourth-order valence-electron chi connectivity index (χ4n) is 4.54. The van der Waals surface area contributed by atoms with Gasteiger partial charge in [0, 0.05) is 43.8 Å². The lowest BCUT2D eigenvalue weighted by Gasteiger charge is -2.57. The zero-order chi connectivity index (χ0) is 20.8. The summed E-state index contributed by atoms with van der Waals surface area (Å²) in [7, 11) is 5.50. The quantitative estimate of drug-likeness (QED) is 0.749. The molecular formula is C23H33N3O3. The molecule has 6 heteroatoms. The maximum absolute atomic E-state index is 12.7. The number of amides is 1. The van der Waals surface area contributed by atoms with Crippen LogP contribution in [0, 0.1) is 11.8 Å². The second-order valence-corrected chi connectivity index (χ2v) is 8.22. The topological polar surface area (TPSA) is 56.3 Å². The molecule has 0 aliphatic carbocycles. The molecule has 1 aromatic carbocycles. The predicted octanol–water partition coefficient (Wildman–Crippen LogP) is 0.997. The Balaban J connectivity index is 1.77. The Kier molecular flexibility index (Phi) is 7.68. The third-order valence-corrected chi connectivity index (χ3v) is 5.92. The number of aliphatic hydroxyl groups excluding tert-OH is 1. The molecular weight excluding hydrogens is 366 g/mol. The zero-order valence-electron chi connectivity index (χ0n) is 17.8. The van der Waals surface area contributed by atoms with Gasteiger partial charge < -0.3 is 19.6 Å². The van der Waals surface area contributed by atoms with Gasteiger partial charge in [0.2, 0.25) is 5.91 Å². The molecule has 2 heterocycles. The van der Waals surface area contributed by atoms with Gasteiger partial charge >= 0.3 is 0 Å². The van der Waals surface area contributed by atoms with Crippen molar-refractivity contribution in [2.75, 3.05) is 60.6 Å². The summed E-state index contributed by atoms with van der Waals surface area (Å²) in [5.74, 6) is 6.49.